The zero-order chi connectivity index (χ0) is 18.5. The molecule has 0 bridgehead atoms. The Morgan fingerprint density at radius 1 is 1.15 bits per heavy atom. The Balaban J connectivity index is 1.73. The second kappa shape index (κ2) is 7.87. The Hall–Kier alpha value is -3.08. The van der Waals surface area contributed by atoms with E-state index in [-0.39, 0.29) is 11.9 Å². The molecular weight excluding hydrogens is 326 g/mol. The summed E-state index contributed by atoms with van der Waals surface area (Å²) in [5.41, 5.74) is 3.35. The van der Waals surface area contributed by atoms with Gasteiger partial charge in [0.1, 0.15) is 5.75 Å². The molecule has 0 saturated carbocycles. The lowest BCUT2D eigenvalue weighted by Gasteiger charge is -2.15. The summed E-state index contributed by atoms with van der Waals surface area (Å²) < 4.78 is 7.23. The van der Waals surface area contributed by atoms with Gasteiger partial charge in [0.2, 0.25) is 0 Å². The topological polar surface area (TPSA) is 56.1 Å². The van der Waals surface area contributed by atoms with Gasteiger partial charge in [0.15, 0.2) is 0 Å². The van der Waals surface area contributed by atoms with Crippen LogP contribution in [0, 0.1) is 6.92 Å². The largest absolute Gasteiger partial charge is 0.494 e. The number of hydrogen-bond acceptors (Lipinski definition) is 3. The molecule has 1 heterocycles. The summed E-state index contributed by atoms with van der Waals surface area (Å²) in [5.74, 6) is 0.695. The Bertz CT molecular complexity index is 870. The third kappa shape index (κ3) is 3.77. The molecule has 3 aromatic rings. The van der Waals surface area contributed by atoms with Gasteiger partial charge in [-0.05, 0) is 50.6 Å². The van der Waals surface area contributed by atoms with Crippen molar-refractivity contribution in [2.75, 3.05) is 6.61 Å². The van der Waals surface area contributed by atoms with Crippen molar-refractivity contribution in [1.29, 1.82) is 0 Å². The number of rotatable bonds is 6. The van der Waals surface area contributed by atoms with E-state index in [9.17, 15) is 4.79 Å². The Morgan fingerprint density at radius 3 is 2.50 bits per heavy atom. The molecular formula is C21H23N3O2. The van der Waals surface area contributed by atoms with Crippen LogP contribution in [0.1, 0.15) is 41.5 Å². The van der Waals surface area contributed by atoms with Crippen LogP contribution in [0.4, 0.5) is 0 Å². The smallest absolute Gasteiger partial charge is 0.255 e. The standard InChI is InChI=1S/C21H23N3O2/c1-4-26-19-12-10-17(11-13-19)15(2)23-21(25)20-14-22-24(16(20)3)18-8-6-5-7-9-18/h5-15H,4H2,1-3H3,(H,23,25). The minimum atomic E-state index is -0.133. The number of nitrogens with zero attached hydrogens (tertiary/aromatic N) is 2. The van der Waals surface area contributed by atoms with Crippen LogP contribution in [-0.4, -0.2) is 22.3 Å². The number of para-hydroxylation sites is 1. The molecule has 3 rings (SSSR count). The highest BCUT2D eigenvalue weighted by Crippen LogP contribution is 2.19. The van der Waals surface area contributed by atoms with Gasteiger partial charge in [0.25, 0.3) is 5.91 Å². The van der Waals surface area contributed by atoms with Gasteiger partial charge in [-0.2, -0.15) is 5.10 Å². The fourth-order valence-electron chi connectivity index (χ4n) is 2.84. The molecule has 1 N–H and O–H groups in total. The maximum Gasteiger partial charge on any atom is 0.255 e. The second-order valence-corrected chi connectivity index (χ2v) is 6.09. The Labute approximate surface area is 153 Å². The molecule has 134 valence electrons. The van der Waals surface area contributed by atoms with Crippen LogP contribution in [0.15, 0.2) is 60.8 Å². The predicted molar refractivity (Wildman–Crippen MR) is 102 cm³/mol. The summed E-state index contributed by atoms with van der Waals surface area (Å²) in [6.45, 7) is 6.45. The number of benzene rings is 2. The zero-order valence-corrected chi connectivity index (χ0v) is 15.3. The van der Waals surface area contributed by atoms with Crippen LogP contribution in [0.5, 0.6) is 5.75 Å². The quantitative estimate of drug-likeness (QED) is 0.730. The average Bonchev–Trinajstić information content (AvgIpc) is 3.05. The third-order valence-electron chi connectivity index (χ3n) is 4.29. The van der Waals surface area contributed by atoms with E-state index in [0.29, 0.717) is 12.2 Å². The summed E-state index contributed by atoms with van der Waals surface area (Å²) in [7, 11) is 0. The van der Waals surface area contributed by atoms with Crippen molar-refractivity contribution >= 4 is 5.91 Å². The van der Waals surface area contributed by atoms with E-state index in [0.717, 1.165) is 22.7 Å². The molecule has 0 aliphatic rings. The third-order valence-corrected chi connectivity index (χ3v) is 4.29. The van der Waals surface area contributed by atoms with E-state index in [1.807, 2.05) is 75.4 Å². The van der Waals surface area contributed by atoms with Gasteiger partial charge in [-0.3, -0.25) is 4.79 Å². The SMILES string of the molecule is CCOc1ccc(C(C)NC(=O)c2cnn(-c3ccccc3)c2C)cc1. The first kappa shape index (κ1) is 17.7. The predicted octanol–water partition coefficient (Wildman–Crippen LogP) is 4.07. The molecule has 0 radical (unpaired) electrons. The summed E-state index contributed by atoms with van der Waals surface area (Å²) in [6, 6.07) is 17.4. The summed E-state index contributed by atoms with van der Waals surface area (Å²) in [4.78, 5) is 12.7. The van der Waals surface area contributed by atoms with Crippen molar-refractivity contribution < 1.29 is 9.53 Å². The van der Waals surface area contributed by atoms with Gasteiger partial charge in [-0.25, -0.2) is 4.68 Å². The lowest BCUT2D eigenvalue weighted by atomic mass is 10.1. The molecule has 0 aliphatic heterocycles. The Kier molecular flexibility index (Phi) is 5.37. The van der Waals surface area contributed by atoms with Crippen molar-refractivity contribution in [1.82, 2.24) is 15.1 Å². The van der Waals surface area contributed by atoms with Crippen LogP contribution in [0.3, 0.4) is 0 Å². The van der Waals surface area contributed by atoms with Gasteiger partial charge < -0.3 is 10.1 Å². The number of carbonyl (C=O) groups is 1. The summed E-state index contributed by atoms with van der Waals surface area (Å²) in [6.07, 6.45) is 1.61. The lowest BCUT2D eigenvalue weighted by molar-refractivity contribution is 0.0939. The summed E-state index contributed by atoms with van der Waals surface area (Å²) in [5, 5.41) is 7.39. The van der Waals surface area contributed by atoms with Gasteiger partial charge in [0.05, 0.1) is 35.8 Å². The van der Waals surface area contributed by atoms with Crippen molar-refractivity contribution in [3.8, 4) is 11.4 Å². The van der Waals surface area contributed by atoms with E-state index >= 15 is 0 Å². The molecule has 0 spiro atoms. The molecule has 0 saturated heterocycles. The summed E-state index contributed by atoms with van der Waals surface area (Å²) >= 11 is 0. The number of aromatic nitrogens is 2. The van der Waals surface area contributed by atoms with E-state index in [1.165, 1.54) is 0 Å². The Morgan fingerprint density at radius 2 is 1.85 bits per heavy atom. The molecule has 1 unspecified atom stereocenters. The number of hydrogen-bond donors (Lipinski definition) is 1. The van der Waals surface area contributed by atoms with Gasteiger partial charge in [-0.15, -0.1) is 0 Å². The van der Waals surface area contributed by atoms with Gasteiger partial charge in [-0.1, -0.05) is 30.3 Å². The molecule has 1 aromatic heterocycles. The van der Waals surface area contributed by atoms with E-state index in [4.69, 9.17) is 4.74 Å². The maximum absolute atomic E-state index is 12.7. The molecule has 0 fully saturated rings. The first-order valence-corrected chi connectivity index (χ1v) is 8.73. The molecule has 5 nitrogen and oxygen atoms in total. The molecule has 0 aliphatic carbocycles. The first-order valence-electron chi connectivity index (χ1n) is 8.73. The highest BCUT2D eigenvalue weighted by Gasteiger charge is 2.17. The van der Waals surface area contributed by atoms with E-state index < -0.39 is 0 Å². The fraction of sp³-hybridized carbons (Fsp3) is 0.238. The molecule has 5 heteroatoms. The molecule has 1 amide bonds. The van der Waals surface area contributed by atoms with Crippen LogP contribution in [0.2, 0.25) is 0 Å². The molecule has 26 heavy (non-hydrogen) atoms. The number of amides is 1. The minimum Gasteiger partial charge on any atom is -0.494 e. The second-order valence-electron chi connectivity index (χ2n) is 6.09. The highest BCUT2D eigenvalue weighted by atomic mass is 16.5. The van der Waals surface area contributed by atoms with Crippen molar-refractivity contribution in [3.05, 3.63) is 77.6 Å². The van der Waals surface area contributed by atoms with Gasteiger partial charge >= 0.3 is 0 Å². The number of nitrogens with one attached hydrogen (secondary N) is 1. The van der Waals surface area contributed by atoms with Crippen LogP contribution >= 0.6 is 0 Å². The highest BCUT2D eigenvalue weighted by molar-refractivity contribution is 5.95. The number of ether oxygens (including phenoxy) is 1. The number of carbonyl (C=O) groups excluding carboxylic acids is 1. The fourth-order valence-corrected chi connectivity index (χ4v) is 2.84. The van der Waals surface area contributed by atoms with Crippen molar-refractivity contribution in [3.63, 3.8) is 0 Å². The molecule has 1 atom stereocenters. The van der Waals surface area contributed by atoms with Crippen molar-refractivity contribution in [2.45, 2.75) is 26.8 Å². The monoisotopic (exact) mass is 349 g/mol. The van der Waals surface area contributed by atoms with Crippen LogP contribution in [0.25, 0.3) is 5.69 Å². The van der Waals surface area contributed by atoms with E-state index in [1.54, 1.807) is 10.9 Å². The van der Waals surface area contributed by atoms with Crippen LogP contribution < -0.4 is 10.1 Å². The first-order chi connectivity index (χ1) is 12.6. The maximum atomic E-state index is 12.7. The van der Waals surface area contributed by atoms with E-state index in [2.05, 4.69) is 10.4 Å². The van der Waals surface area contributed by atoms with Gasteiger partial charge in [0, 0.05) is 0 Å². The minimum absolute atomic E-state index is 0.113. The average molecular weight is 349 g/mol. The molecule has 2 aromatic carbocycles. The lowest BCUT2D eigenvalue weighted by Crippen LogP contribution is -2.27. The normalized spacial score (nSPS) is 11.8. The van der Waals surface area contributed by atoms with Crippen LogP contribution in [-0.2, 0) is 0 Å². The zero-order valence-electron chi connectivity index (χ0n) is 15.3. The van der Waals surface area contributed by atoms with Crippen molar-refractivity contribution in [2.24, 2.45) is 0 Å².